The summed E-state index contributed by atoms with van der Waals surface area (Å²) < 4.78 is 19.4. The Kier molecular flexibility index (Phi) is 4.09. The molecule has 1 atom stereocenters. The molecule has 20 heavy (non-hydrogen) atoms. The van der Waals surface area contributed by atoms with E-state index in [1.807, 2.05) is 20.8 Å². The Morgan fingerprint density at radius 1 is 1.05 bits per heavy atom. The van der Waals surface area contributed by atoms with Gasteiger partial charge in [-0.3, -0.25) is 0 Å². The van der Waals surface area contributed by atoms with E-state index in [0.717, 1.165) is 16.7 Å². The van der Waals surface area contributed by atoms with Crippen molar-refractivity contribution in [2.45, 2.75) is 26.8 Å². The standard InChI is InChI=1S/C17H20FNO/c1-10-8-11(2)15(12(3)9-10)17(19)16-13(18)6-5-7-14(16)20-4/h5-9,17H,19H2,1-4H3. The van der Waals surface area contributed by atoms with Gasteiger partial charge < -0.3 is 10.5 Å². The summed E-state index contributed by atoms with van der Waals surface area (Å²) in [6.45, 7) is 6.05. The monoisotopic (exact) mass is 273 g/mol. The summed E-state index contributed by atoms with van der Waals surface area (Å²) in [4.78, 5) is 0. The normalized spacial score (nSPS) is 12.3. The van der Waals surface area contributed by atoms with Crippen molar-refractivity contribution in [2.24, 2.45) is 5.73 Å². The lowest BCUT2D eigenvalue weighted by atomic mass is 9.90. The highest BCUT2D eigenvalue weighted by atomic mass is 19.1. The fourth-order valence-electron chi connectivity index (χ4n) is 2.82. The van der Waals surface area contributed by atoms with Crippen LogP contribution < -0.4 is 10.5 Å². The second-order valence-corrected chi connectivity index (χ2v) is 5.15. The molecule has 3 heteroatoms. The maximum absolute atomic E-state index is 14.2. The van der Waals surface area contributed by atoms with E-state index in [4.69, 9.17) is 10.5 Å². The Morgan fingerprint density at radius 2 is 1.65 bits per heavy atom. The lowest BCUT2D eigenvalue weighted by molar-refractivity contribution is 0.402. The van der Waals surface area contributed by atoms with Crippen LogP contribution in [0.2, 0.25) is 0 Å². The number of benzene rings is 2. The van der Waals surface area contributed by atoms with Gasteiger partial charge in [-0.15, -0.1) is 0 Å². The summed E-state index contributed by atoms with van der Waals surface area (Å²) in [7, 11) is 1.53. The summed E-state index contributed by atoms with van der Waals surface area (Å²) in [6, 6.07) is 8.37. The van der Waals surface area contributed by atoms with Gasteiger partial charge in [0.15, 0.2) is 0 Å². The molecule has 0 amide bonds. The fourth-order valence-corrected chi connectivity index (χ4v) is 2.82. The Bertz CT molecular complexity index is 614. The van der Waals surface area contributed by atoms with Crippen LogP contribution in [-0.4, -0.2) is 7.11 Å². The fraction of sp³-hybridized carbons (Fsp3) is 0.294. The molecule has 2 nitrogen and oxygen atoms in total. The number of halogens is 1. The molecule has 0 aliphatic heterocycles. The van der Waals surface area contributed by atoms with Crippen molar-refractivity contribution in [1.82, 2.24) is 0 Å². The van der Waals surface area contributed by atoms with Crippen molar-refractivity contribution in [1.29, 1.82) is 0 Å². The van der Waals surface area contributed by atoms with Gasteiger partial charge in [0, 0.05) is 0 Å². The molecule has 0 aliphatic carbocycles. The number of hydrogen-bond acceptors (Lipinski definition) is 2. The minimum absolute atomic E-state index is 0.337. The van der Waals surface area contributed by atoms with E-state index in [1.165, 1.54) is 18.7 Å². The number of ether oxygens (including phenoxy) is 1. The number of aryl methyl sites for hydroxylation is 3. The van der Waals surface area contributed by atoms with Gasteiger partial charge in [0.05, 0.1) is 18.7 Å². The van der Waals surface area contributed by atoms with Crippen molar-refractivity contribution >= 4 is 0 Å². The molecule has 0 fully saturated rings. The van der Waals surface area contributed by atoms with Crippen LogP contribution in [-0.2, 0) is 0 Å². The largest absolute Gasteiger partial charge is 0.496 e. The number of rotatable bonds is 3. The molecule has 0 bridgehead atoms. The third kappa shape index (κ3) is 2.54. The summed E-state index contributed by atoms with van der Waals surface area (Å²) >= 11 is 0. The van der Waals surface area contributed by atoms with Crippen molar-refractivity contribution in [3.63, 3.8) is 0 Å². The number of methoxy groups -OCH3 is 1. The average Bonchev–Trinajstić information content (AvgIpc) is 2.36. The molecule has 0 heterocycles. The zero-order valence-electron chi connectivity index (χ0n) is 12.3. The van der Waals surface area contributed by atoms with E-state index in [1.54, 1.807) is 12.1 Å². The first-order valence-corrected chi connectivity index (χ1v) is 6.61. The molecule has 0 aliphatic rings. The van der Waals surface area contributed by atoms with Crippen molar-refractivity contribution in [2.75, 3.05) is 7.11 Å². The average molecular weight is 273 g/mol. The second-order valence-electron chi connectivity index (χ2n) is 5.15. The molecule has 2 aromatic rings. The topological polar surface area (TPSA) is 35.2 Å². The smallest absolute Gasteiger partial charge is 0.132 e. The molecule has 0 radical (unpaired) electrons. The van der Waals surface area contributed by atoms with Crippen LogP contribution in [0.1, 0.15) is 33.9 Å². The van der Waals surface area contributed by atoms with E-state index in [0.29, 0.717) is 11.3 Å². The van der Waals surface area contributed by atoms with Crippen LogP contribution in [0.15, 0.2) is 30.3 Å². The van der Waals surface area contributed by atoms with Crippen LogP contribution in [0.25, 0.3) is 0 Å². The minimum atomic E-state index is -0.535. The molecule has 1 unspecified atom stereocenters. The van der Waals surface area contributed by atoms with Gasteiger partial charge in [0.1, 0.15) is 11.6 Å². The van der Waals surface area contributed by atoms with Gasteiger partial charge in [-0.25, -0.2) is 4.39 Å². The number of nitrogens with two attached hydrogens (primary N) is 1. The van der Waals surface area contributed by atoms with E-state index in [2.05, 4.69) is 12.1 Å². The van der Waals surface area contributed by atoms with Gasteiger partial charge in [-0.05, 0) is 49.6 Å². The molecule has 2 N–H and O–H groups in total. The zero-order valence-corrected chi connectivity index (χ0v) is 12.3. The highest BCUT2D eigenvalue weighted by Gasteiger charge is 2.21. The van der Waals surface area contributed by atoms with Gasteiger partial charge in [0.2, 0.25) is 0 Å². The molecule has 0 saturated carbocycles. The Hall–Kier alpha value is -1.87. The maximum atomic E-state index is 14.2. The molecular weight excluding hydrogens is 253 g/mol. The molecule has 0 aromatic heterocycles. The Balaban J connectivity index is 2.61. The first kappa shape index (κ1) is 14.5. The molecule has 0 spiro atoms. The SMILES string of the molecule is COc1cccc(F)c1C(N)c1c(C)cc(C)cc1C. The van der Waals surface area contributed by atoms with Crippen molar-refractivity contribution < 1.29 is 9.13 Å². The van der Waals surface area contributed by atoms with Crippen molar-refractivity contribution in [3.05, 3.63) is 64.0 Å². The van der Waals surface area contributed by atoms with Crippen LogP contribution in [0, 0.1) is 26.6 Å². The summed E-state index contributed by atoms with van der Waals surface area (Å²) in [5, 5.41) is 0. The van der Waals surface area contributed by atoms with Crippen LogP contribution in [0.4, 0.5) is 4.39 Å². The summed E-state index contributed by atoms with van der Waals surface area (Å²) in [6.07, 6.45) is 0. The van der Waals surface area contributed by atoms with Crippen LogP contribution in [0.3, 0.4) is 0 Å². The van der Waals surface area contributed by atoms with Gasteiger partial charge >= 0.3 is 0 Å². The summed E-state index contributed by atoms with van der Waals surface area (Å²) in [5.74, 6) is 0.146. The van der Waals surface area contributed by atoms with Gasteiger partial charge in [-0.2, -0.15) is 0 Å². The van der Waals surface area contributed by atoms with Crippen LogP contribution in [0.5, 0.6) is 5.75 Å². The number of hydrogen-bond donors (Lipinski definition) is 1. The minimum Gasteiger partial charge on any atom is -0.496 e. The Labute approximate surface area is 119 Å². The predicted molar refractivity (Wildman–Crippen MR) is 79.6 cm³/mol. The van der Waals surface area contributed by atoms with E-state index in [-0.39, 0.29) is 5.82 Å². The third-order valence-electron chi connectivity index (χ3n) is 3.59. The molecule has 106 valence electrons. The predicted octanol–water partition coefficient (Wildman–Crippen LogP) is 3.81. The molecule has 2 rings (SSSR count). The lowest BCUT2D eigenvalue weighted by Crippen LogP contribution is -2.17. The molecular formula is C17H20FNO. The van der Waals surface area contributed by atoms with Gasteiger partial charge in [-0.1, -0.05) is 23.8 Å². The highest BCUT2D eigenvalue weighted by molar-refractivity contribution is 5.48. The summed E-state index contributed by atoms with van der Waals surface area (Å²) in [5.41, 5.74) is 11.0. The Morgan fingerprint density at radius 3 is 2.20 bits per heavy atom. The second kappa shape index (κ2) is 5.63. The van der Waals surface area contributed by atoms with Gasteiger partial charge in [0.25, 0.3) is 0 Å². The van der Waals surface area contributed by atoms with Crippen molar-refractivity contribution in [3.8, 4) is 5.75 Å². The first-order valence-electron chi connectivity index (χ1n) is 6.61. The van der Waals surface area contributed by atoms with E-state index in [9.17, 15) is 4.39 Å². The lowest BCUT2D eigenvalue weighted by Gasteiger charge is -2.21. The quantitative estimate of drug-likeness (QED) is 0.923. The third-order valence-corrected chi connectivity index (χ3v) is 3.59. The molecule has 0 saturated heterocycles. The zero-order chi connectivity index (χ0) is 14.9. The first-order chi connectivity index (χ1) is 9.45. The molecule has 2 aromatic carbocycles. The highest BCUT2D eigenvalue weighted by Crippen LogP contribution is 2.33. The van der Waals surface area contributed by atoms with E-state index >= 15 is 0 Å². The maximum Gasteiger partial charge on any atom is 0.132 e. The van der Waals surface area contributed by atoms with E-state index < -0.39 is 6.04 Å². The van der Waals surface area contributed by atoms with Crippen LogP contribution >= 0.6 is 0 Å².